The Morgan fingerprint density at radius 2 is 1.63 bits per heavy atom. The Hall–Kier alpha value is -4.46. The summed E-state index contributed by atoms with van der Waals surface area (Å²) in [4.78, 5) is 62.3. The van der Waals surface area contributed by atoms with E-state index in [1.165, 1.54) is 12.5 Å². The summed E-state index contributed by atoms with van der Waals surface area (Å²) >= 11 is 0. The van der Waals surface area contributed by atoms with Gasteiger partial charge in [-0.05, 0) is 24.3 Å². The van der Waals surface area contributed by atoms with Crippen molar-refractivity contribution >= 4 is 29.7 Å². The summed E-state index contributed by atoms with van der Waals surface area (Å²) in [5.74, 6) is -3.45. The summed E-state index contributed by atoms with van der Waals surface area (Å²) in [6.07, 6.45) is 4.32. The minimum Gasteiger partial charge on any atom is -0.480 e. The Labute approximate surface area is 238 Å². The lowest BCUT2D eigenvalue weighted by molar-refractivity contribution is -0.143. The number of imidazole rings is 1. The zero-order chi connectivity index (χ0) is 30.4. The number of benzene rings is 1. The van der Waals surface area contributed by atoms with Crippen LogP contribution in [0.2, 0.25) is 0 Å². The smallest absolute Gasteiger partial charge is 0.326 e. The van der Waals surface area contributed by atoms with Crippen molar-refractivity contribution in [2.24, 2.45) is 28.1 Å². The Balaban J connectivity index is 2.23. The lowest BCUT2D eigenvalue weighted by Gasteiger charge is -2.26. The van der Waals surface area contributed by atoms with Gasteiger partial charge in [0.1, 0.15) is 18.1 Å². The van der Waals surface area contributed by atoms with E-state index in [1.54, 1.807) is 31.2 Å². The fourth-order valence-corrected chi connectivity index (χ4v) is 4.02. The molecule has 0 saturated carbocycles. The topological polar surface area (TPSA) is 244 Å². The van der Waals surface area contributed by atoms with E-state index in [9.17, 15) is 24.3 Å². The minimum absolute atomic E-state index is 0.0146. The highest BCUT2D eigenvalue weighted by molar-refractivity contribution is 5.94. The van der Waals surface area contributed by atoms with E-state index in [2.05, 4.69) is 30.9 Å². The van der Waals surface area contributed by atoms with Gasteiger partial charge in [-0.2, -0.15) is 0 Å². The molecule has 3 amide bonds. The number of H-pyrrole nitrogens is 1. The number of carboxylic acids is 1. The summed E-state index contributed by atoms with van der Waals surface area (Å²) in [5, 5.41) is 17.6. The van der Waals surface area contributed by atoms with Crippen molar-refractivity contribution in [2.75, 3.05) is 6.54 Å². The van der Waals surface area contributed by atoms with Crippen LogP contribution in [0, 0.1) is 5.92 Å². The predicted octanol–water partition coefficient (Wildman–Crippen LogP) is -0.839. The molecule has 11 N–H and O–H groups in total. The molecule has 0 saturated heterocycles. The maximum Gasteiger partial charge on any atom is 0.326 e. The zero-order valence-electron chi connectivity index (χ0n) is 23.4. The molecule has 1 heterocycles. The van der Waals surface area contributed by atoms with E-state index in [4.69, 9.17) is 17.2 Å². The lowest BCUT2D eigenvalue weighted by atomic mass is 9.98. The largest absolute Gasteiger partial charge is 0.480 e. The standard InChI is InChI=1S/C27H41N9O5/c1-3-16(2)22(26(40)41)36-25(39)21(13-18-14-31-15-33-18)35-24(38)20(12-17-8-5-4-6-9-17)34-23(37)19(28)10-7-11-32-27(29)30/h4-6,8-9,14-16,19-22H,3,7,10-13,28H2,1-2H3,(H,31,33)(H,34,37)(H,35,38)(H,36,39)(H,40,41)(H4,29,30,32). The summed E-state index contributed by atoms with van der Waals surface area (Å²) in [7, 11) is 0. The monoisotopic (exact) mass is 571 g/mol. The van der Waals surface area contributed by atoms with Gasteiger partial charge in [-0.3, -0.25) is 19.4 Å². The molecule has 5 atom stereocenters. The van der Waals surface area contributed by atoms with Crippen LogP contribution in [0.3, 0.4) is 0 Å². The molecule has 41 heavy (non-hydrogen) atoms. The first kappa shape index (κ1) is 32.8. The Morgan fingerprint density at radius 1 is 1.00 bits per heavy atom. The molecule has 0 aliphatic heterocycles. The highest BCUT2D eigenvalue weighted by Gasteiger charge is 2.32. The molecule has 14 heteroatoms. The van der Waals surface area contributed by atoms with Crippen LogP contribution in [-0.4, -0.2) is 75.4 Å². The third-order valence-corrected chi connectivity index (χ3v) is 6.61. The molecule has 14 nitrogen and oxygen atoms in total. The molecule has 0 fully saturated rings. The van der Waals surface area contributed by atoms with Gasteiger partial charge in [0.25, 0.3) is 0 Å². The number of nitrogens with one attached hydrogen (secondary N) is 4. The second-order valence-electron chi connectivity index (χ2n) is 9.86. The van der Waals surface area contributed by atoms with Gasteiger partial charge in [-0.1, -0.05) is 50.6 Å². The molecule has 0 aliphatic rings. The van der Waals surface area contributed by atoms with E-state index in [0.29, 0.717) is 25.1 Å². The van der Waals surface area contributed by atoms with E-state index in [-0.39, 0.29) is 31.1 Å². The first-order valence-electron chi connectivity index (χ1n) is 13.5. The zero-order valence-corrected chi connectivity index (χ0v) is 23.4. The predicted molar refractivity (Wildman–Crippen MR) is 153 cm³/mol. The van der Waals surface area contributed by atoms with Crippen LogP contribution in [0.1, 0.15) is 44.4 Å². The first-order valence-corrected chi connectivity index (χ1v) is 13.5. The highest BCUT2D eigenvalue weighted by atomic mass is 16.4. The molecule has 2 rings (SSSR count). The minimum atomic E-state index is -1.18. The fourth-order valence-electron chi connectivity index (χ4n) is 4.02. The molecule has 0 spiro atoms. The molecular formula is C27H41N9O5. The molecule has 0 bridgehead atoms. The van der Waals surface area contributed by atoms with Gasteiger partial charge in [0, 0.05) is 31.3 Å². The van der Waals surface area contributed by atoms with E-state index < -0.39 is 47.9 Å². The van der Waals surface area contributed by atoms with E-state index >= 15 is 0 Å². The summed E-state index contributed by atoms with van der Waals surface area (Å²) in [6.45, 7) is 3.84. The van der Waals surface area contributed by atoms with Crippen LogP contribution in [0.15, 0.2) is 47.8 Å². The number of amides is 3. The maximum absolute atomic E-state index is 13.6. The van der Waals surface area contributed by atoms with Crippen LogP contribution in [0.4, 0.5) is 0 Å². The van der Waals surface area contributed by atoms with Crippen LogP contribution >= 0.6 is 0 Å². The normalized spacial score (nSPS) is 14.5. The van der Waals surface area contributed by atoms with Crippen LogP contribution < -0.4 is 33.2 Å². The molecule has 1 aromatic heterocycles. The van der Waals surface area contributed by atoms with Gasteiger partial charge in [0.05, 0.1) is 12.4 Å². The quantitative estimate of drug-likeness (QED) is 0.0669. The van der Waals surface area contributed by atoms with Crippen molar-refractivity contribution in [2.45, 2.75) is 70.1 Å². The van der Waals surface area contributed by atoms with Gasteiger partial charge in [-0.25, -0.2) is 9.78 Å². The number of carbonyl (C=O) groups is 4. The molecule has 0 aliphatic carbocycles. The molecule has 224 valence electrons. The average molecular weight is 572 g/mol. The summed E-state index contributed by atoms with van der Waals surface area (Å²) in [5.41, 5.74) is 18.0. The molecule has 5 unspecified atom stereocenters. The number of rotatable bonds is 17. The first-order chi connectivity index (χ1) is 19.5. The van der Waals surface area contributed by atoms with Crippen LogP contribution in [0.5, 0.6) is 0 Å². The van der Waals surface area contributed by atoms with Crippen molar-refractivity contribution in [3.05, 3.63) is 54.1 Å². The Kier molecular flexibility index (Phi) is 13.3. The Morgan fingerprint density at radius 3 is 2.22 bits per heavy atom. The summed E-state index contributed by atoms with van der Waals surface area (Å²) < 4.78 is 0. The average Bonchev–Trinajstić information content (AvgIpc) is 3.46. The second kappa shape index (κ2) is 16.6. The van der Waals surface area contributed by atoms with E-state index in [1.807, 2.05) is 13.0 Å². The number of aliphatic imine (C=N–C) groups is 1. The number of nitrogens with two attached hydrogens (primary N) is 3. The number of hydrogen-bond donors (Lipinski definition) is 8. The SMILES string of the molecule is CCC(C)C(NC(=O)C(Cc1cnc[nH]1)NC(=O)C(Cc1ccccc1)NC(=O)C(N)CCCN=C(N)N)C(=O)O. The van der Waals surface area contributed by atoms with Crippen molar-refractivity contribution in [1.29, 1.82) is 0 Å². The number of guanidine groups is 1. The lowest BCUT2D eigenvalue weighted by Crippen LogP contribution is -2.58. The number of aliphatic carboxylic acids is 1. The number of nitrogens with zero attached hydrogens (tertiary/aromatic N) is 2. The van der Waals surface area contributed by atoms with Crippen molar-refractivity contribution in [3.8, 4) is 0 Å². The summed E-state index contributed by atoms with van der Waals surface area (Å²) in [6, 6.07) is 4.74. The Bertz CT molecular complexity index is 1150. The molecule has 0 radical (unpaired) electrons. The van der Waals surface area contributed by atoms with Gasteiger partial charge < -0.3 is 43.2 Å². The second-order valence-corrected chi connectivity index (χ2v) is 9.86. The van der Waals surface area contributed by atoms with E-state index in [0.717, 1.165) is 5.56 Å². The van der Waals surface area contributed by atoms with Crippen LogP contribution in [0.25, 0.3) is 0 Å². The number of hydrogen-bond acceptors (Lipinski definition) is 7. The number of carbonyl (C=O) groups excluding carboxylic acids is 3. The third-order valence-electron chi connectivity index (χ3n) is 6.61. The van der Waals surface area contributed by atoms with Crippen LogP contribution in [-0.2, 0) is 32.0 Å². The van der Waals surface area contributed by atoms with Gasteiger partial charge >= 0.3 is 5.97 Å². The number of aromatic nitrogens is 2. The molecular weight excluding hydrogens is 530 g/mol. The van der Waals surface area contributed by atoms with Crippen molar-refractivity contribution < 1.29 is 24.3 Å². The van der Waals surface area contributed by atoms with Crippen molar-refractivity contribution in [3.63, 3.8) is 0 Å². The van der Waals surface area contributed by atoms with Gasteiger partial charge in [0.2, 0.25) is 17.7 Å². The number of aromatic amines is 1. The third kappa shape index (κ3) is 11.3. The van der Waals surface area contributed by atoms with Gasteiger partial charge in [-0.15, -0.1) is 0 Å². The maximum atomic E-state index is 13.6. The molecule has 2 aromatic rings. The fraction of sp³-hybridized carbons (Fsp3) is 0.481. The molecule has 1 aromatic carbocycles. The van der Waals surface area contributed by atoms with Gasteiger partial charge in [0.15, 0.2) is 5.96 Å². The number of carboxylic acid groups (broad SMARTS) is 1. The van der Waals surface area contributed by atoms with Crippen molar-refractivity contribution in [1.82, 2.24) is 25.9 Å². The highest BCUT2D eigenvalue weighted by Crippen LogP contribution is 2.10.